The third-order valence-electron chi connectivity index (χ3n) is 2.00. The van der Waals surface area contributed by atoms with Gasteiger partial charge in [-0.3, -0.25) is 0 Å². The van der Waals surface area contributed by atoms with Crippen LogP contribution in [0, 0.1) is 11.8 Å². The molecule has 1 unspecified atom stereocenters. The molecule has 48 valence electrons. The van der Waals surface area contributed by atoms with Gasteiger partial charge >= 0.3 is 0 Å². The third kappa shape index (κ3) is 1.22. The fourth-order valence-corrected chi connectivity index (χ4v) is 0.788. The van der Waals surface area contributed by atoms with Gasteiger partial charge in [-0.2, -0.15) is 0 Å². The van der Waals surface area contributed by atoms with Crippen LogP contribution in [0.1, 0.15) is 20.8 Å². The minimum Gasteiger partial charge on any atom is -0.373 e. The fourth-order valence-electron chi connectivity index (χ4n) is 0.788. The Kier molecular flexibility index (Phi) is 1.57. The molecule has 1 saturated heterocycles. The largest absolute Gasteiger partial charge is 0.373 e. The molecule has 1 fully saturated rings. The van der Waals surface area contributed by atoms with E-state index in [0.717, 1.165) is 18.4 Å². The maximum atomic E-state index is 5.13. The predicted octanol–water partition coefficient (Wildman–Crippen LogP) is 1.68. The molecule has 0 radical (unpaired) electrons. The third-order valence-corrected chi connectivity index (χ3v) is 2.00. The van der Waals surface area contributed by atoms with E-state index in [9.17, 15) is 0 Å². The molecule has 0 bridgehead atoms. The van der Waals surface area contributed by atoms with E-state index >= 15 is 0 Å². The Hall–Kier alpha value is -0.0400. The Labute approximate surface area is 51.0 Å². The van der Waals surface area contributed by atoms with Crippen molar-refractivity contribution in [2.45, 2.75) is 26.9 Å². The van der Waals surface area contributed by atoms with Crippen LogP contribution in [0.2, 0.25) is 0 Å². The Morgan fingerprint density at radius 2 is 1.88 bits per heavy atom. The smallest absolute Gasteiger partial charge is 0.0837 e. The number of rotatable bonds is 2. The molecule has 0 N–H and O–H groups in total. The summed E-state index contributed by atoms with van der Waals surface area (Å²) in [5.41, 5.74) is 0. The van der Waals surface area contributed by atoms with E-state index in [1.54, 1.807) is 0 Å². The van der Waals surface area contributed by atoms with Crippen LogP contribution < -0.4 is 0 Å². The van der Waals surface area contributed by atoms with Gasteiger partial charge in [0.15, 0.2) is 0 Å². The quantitative estimate of drug-likeness (QED) is 0.497. The first-order valence-electron chi connectivity index (χ1n) is 3.33. The molecule has 0 aliphatic carbocycles. The molecule has 0 saturated carbocycles. The van der Waals surface area contributed by atoms with E-state index in [2.05, 4.69) is 20.8 Å². The van der Waals surface area contributed by atoms with Gasteiger partial charge in [0.25, 0.3) is 0 Å². The molecule has 0 amide bonds. The summed E-state index contributed by atoms with van der Waals surface area (Å²) in [6, 6.07) is 0. The second kappa shape index (κ2) is 2.06. The van der Waals surface area contributed by atoms with Gasteiger partial charge in [0, 0.05) is 0 Å². The van der Waals surface area contributed by atoms with Crippen molar-refractivity contribution >= 4 is 0 Å². The molecule has 0 spiro atoms. The summed E-state index contributed by atoms with van der Waals surface area (Å²) in [7, 11) is 0. The van der Waals surface area contributed by atoms with E-state index in [1.165, 1.54) is 0 Å². The molecule has 1 nitrogen and oxygen atoms in total. The van der Waals surface area contributed by atoms with Crippen molar-refractivity contribution in [2.75, 3.05) is 6.61 Å². The van der Waals surface area contributed by atoms with Crippen molar-refractivity contribution in [1.29, 1.82) is 0 Å². The maximum Gasteiger partial charge on any atom is 0.0837 e. The van der Waals surface area contributed by atoms with Crippen LogP contribution in [0.3, 0.4) is 0 Å². The maximum absolute atomic E-state index is 5.13. The predicted molar refractivity (Wildman–Crippen MR) is 33.7 cm³/mol. The molecule has 1 heteroatoms. The molecule has 1 aliphatic rings. The van der Waals surface area contributed by atoms with Crippen molar-refractivity contribution in [3.63, 3.8) is 0 Å². The SMILES string of the molecule is CC(C)[C@H](C)C1CO1. The Morgan fingerprint density at radius 1 is 1.38 bits per heavy atom. The Balaban J connectivity index is 2.22. The highest BCUT2D eigenvalue weighted by atomic mass is 16.6. The Morgan fingerprint density at radius 3 is 2.00 bits per heavy atom. The average Bonchev–Trinajstić information content (AvgIpc) is 2.43. The van der Waals surface area contributed by atoms with Gasteiger partial charge in [-0.1, -0.05) is 20.8 Å². The van der Waals surface area contributed by atoms with Crippen LogP contribution in [0.5, 0.6) is 0 Å². The summed E-state index contributed by atoms with van der Waals surface area (Å²) >= 11 is 0. The molecule has 0 aromatic carbocycles. The van der Waals surface area contributed by atoms with Gasteiger partial charge in [-0.25, -0.2) is 0 Å². The summed E-state index contributed by atoms with van der Waals surface area (Å²) in [6.45, 7) is 7.74. The summed E-state index contributed by atoms with van der Waals surface area (Å²) in [6.07, 6.45) is 0.593. The summed E-state index contributed by atoms with van der Waals surface area (Å²) in [5, 5.41) is 0. The van der Waals surface area contributed by atoms with E-state index < -0.39 is 0 Å². The minimum absolute atomic E-state index is 0.593. The lowest BCUT2D eigenvalue weighted by Crippen LogP contribution is -2.10. The van der Waals surface area contributed by atoms with Crippen LogP contribution in [-0.2, 0) is 4.74 Å². The van der Waals surface area contributed by atoms with Crippen molar-refractivity contribution in [1.82, 2.24) is 0 Å². The van der Waals surface area contributed by atoms with Crippen LogP contribution in [0.15, 0.2) is 0 Å². The van der Waals surface area contributed by atoms with E-state index in [1.807, 2.05) is 0 Å². The Bertz CT molecular complexity index is 72.5. The van der Waals surface area contributed by atoms with Crippen molar-refractivity contribution in [3.05, 3.63) is 0 Å². The molecule has 0 aromatic heterocycles. The highest BCUT2D eigenvalue weighted by molar-refractivity contribution is 4.77. The second-order valence-corrected chi connectivity index (χ2v) is 2.97. The molecular weight excluding hydrogens is 100 g/mol. The van der Waals surface area contributed by atoms with Gasteiger partial charge in [-0.15, -0.1) is 0 Å². The number of epoxide rings is 1. The molecule has 1 heterocycles. The monoisotopic (exact) mass is 114 g/mol. The number of ether oxygens (including phenoxy) is 1. The highest BCUT2D eigenvalue weighted by Crippen LogP contribution is 2.25. The van der Waals surface area contributed by atoms with Gasteiger partial charge in [0.05, 0.1) is 12.7 Å². The van der Waals surface area contributed by atoms with Crippen LogP contribution in [0.25, 0.3) is 0 Å². The normalized spacial score (nSPS) is 30.8. The van der Waals surface area contributed by atoms with Crippen molar-refractivity contribution < 1.29 is 4.74 Å². The lowest BCUT2D eigenvalue weighted by molar-refractivity contribution is 0.290. The van der Waals surface area contributed by atoms with Crippen LogP contribution in [0.4, 0.5) is 0 Å². The molecule has 2 atom stereocenters. The second-order valence-electron chi connectivity index (χ2n) is 2.97. The van der Waals surface area contributed by atoms with E-state index in [4.69, 9.17) is 4.74 Å². The summed E-state index contributed by atoms with van der Waals surface area (Å²) in [5.74, 6) is 1.54. The molecule has 1 aliphatic heterocycles. The fraction of sp³-hybridized carbons (Fsp3) is 1.00. The first-order valence-corrected chi connectivity index (χ1v) is 3.33. The number of hydrogen-bond acceptors (Lipinski definition) is 1. The summed E-state index contributed by atoms with van der Waals surface area (Å²) in [4.78, 5) is 0. The van der Waals surface area contributed by atoms with Crippen LogP contribution >= 0.6 is 0 Å². The zero-order valence-corrected chi connectivity index (χ0v) is 5.85. The molecular formula is C7H14O. The molecule has 0 aromatic rings. The lowest BCUT2D eigenvalue weighted by Gasteiger charge is -2.10. The van der Waals surface area contributed by atoms with E-state index in [-0.39, 0.29) is 0 Å². The zero-order chi connectivity index (χ0) is 6.15. The first kappa shape index (κ1) is 6.09. The van der Waals surface area contributed by atoms with Gasteiger partial charge < -0.3 is 4.74 Å². The summed E-state index contributed by atoms with van der Waals surface area (Å²) < 4.78 is 5.13. The van der Waals surface area contributed by atoms with Crippen LogP contribution in [-0.4, -0.2) is 12.7 Å². The van der Waals surface area contributed by atoms with Crippen molar-refractivity contribution in [3.8, 4) is 0 Å². The molecule has 1 rings (SSSR count). The zero-order valence-electron chi connectivity index (χ0n) is 5.85. The molecule has 8 heavy (non-hydrogen) atoms. The number of hydrogen-bond donors (Lipinski definition) is 0. The van der Waals surface area contributed by atoms with Gasteiger partial charge in [0.1, 0.15) is 0 Å². The highest BCUT2D eigenvalue weighted by Gasteiger charge is 2.30. The topological polar surface area (TPSA) is 12.5 Å². The minimum atomic E-state index is 0.593. The first-order chi connectivity index (χ1) is 3.72. The lowest BCUT2D eigenvalue weighted by atomic mass is 9.95. The average molecular weight is 114 g/mol. The van der Waals surface area contributed by atoms with Gasteiger partial charge in [-0.05, 0) is 11.8 Å². The van der Waals surface area contributed by atoms with Crippen molar-refractivity contribution in [2.24, 2.45) is 11.8 Å². The van der Waals surface area contributed by atoms with E-state index in [0.29, 0.717) is 6.10 Å². The standard InChI is InChI=1S/C7H14O/c1-5(2)6(3)7-4-8-7/h5-7H,4H2,1-3H3/t6-,7?/m0/s1. The van der Waals surface area contributed by atoms with Gasteiger partial charge in [0.2, 0.25) is 0 Å².